The zero-order valence-corrected chi connectivity index (χ0v) is 11.8. The van der Waals surface area contributed by atoms with Gasteiger partial charge in [-0.1, -0.05) is 12.1 Å². The minimum Gasteiger partial charge on any atom is -0.454 e. The Balaban J connectivity index is 1.60. The van der Waals surface area contributed by atoms with Crippen molar-refractivity contribution in [3.63, 3.8) is 0 Å². The number of hydrogen-bond donors (Lipinski definition) is 1. The number of rotatable bonds is 3. The van der Waals surface area contributed by atoms with Crippen molar-refractivity contribution in [2.24, 2.45) is 0 Å². The molecule has 0 saturated heterocycles. The summed E-state index contributed by atoms with van der Waals surface area (Å²) in [4.78, 5) is 12.6. The van der Waals surface area contributed by atoms with Crippen LogP contribution in [0.4, 0.5) is 10.1 Å². The van der Waals surface area contributed by atoms with Crippen LogP contribution in [-0.4, -0.2) is 12.7 Å². The van der Waals surface area contributed by atoms with Crippen LogP contribution in [0.1, 0.15) is 18.4 Å². The molecule has 0 aromatic heterocycles. The summed E-state index contributed by atoms with van der Waals surface area (Å²) in [6.07, 6.45) is 1.54. The van der Waals surface area contributed by atoms with Crippen molar-refractivity contribution in [1.82, 2.24) is 0 Å². The molecule has 4 rings (SSSR count). The van der Waals surface area contributed by atoms with Gasteiger partial charge in [-0.15, -0.1) is 0 Å². The number of halogens is 1. The minimum absolute atomic E-state index is 0.114. The van der Waals surface area contributed by atoms with Gasteiger partial charge in [-0.3, -0.25) is 4.79 Å². The molecule has 0 atom stereocenters. The van der Waals surface area contributed by atoms with E-state index in [2.05, 4.69) is 5.32 Å². The van der Waals surface area contributed by atoms with E-state index in [1.807, 2.05) is 18.2 Å². The Bertz CT molecular complexity index is 755. The van der Waals surface area contributed by atoms with Crippen molar-refractivity contribution >= 4 is 11.6 Å². The number of carbonyl (C=O) groups excluding carboxylic acids is 1. The molecule has 2 aliphatic rings. The lowest BCUT2D eigenvalue weighted by molar-refractivity contribution is -0.118. The number of benzene rings is 2. The smallest absolute Gasteiger partial charge is 0.235 e. The van der Waals surface area contributed by atoms with Gasteiger partial charge in [0.2, 0.25) is 12.7 Å². The molecule has 1 fully saturated rings. The van der Waals surface area contributed by atoms with E-state index in [-0.39, 0.29) is 18.5 Å². The van der Waals surface area contributed by atoms with Crippen molar-refractivity contribution in [3.05, 3.63) is 53.8 Å². The van der Waals surface area contributed by atoms with Crippen LogP contribution >= 0.6 is 0 Å². The molecule has 0 unspecified atom stereocenters. The lowest BCUT2D eigenvalue weighted by atomic mass is 9.94. The lowest BCUT2D eigenvalue weighted by Gasteiger charge is -2.16. The third-order valence-electron chi connectivity index (χ3n) is 4.19. The average Bonchev–Trinajstić information content (AvgIpc) is 3.19. The molecular weight excluding hydrogens is 285 g/mol. The van der Waals surface area contributed by atoms with Crippen LogP contribution in [0.3, 0.4) is 0 Å². The normalized spacial score (nSPS) is 17.1. The maximum absolute atomic E-state index is 13.2. The standard InChI is InChI=1S/C17H14FNO3/c18-12-2-1-3-13(9-12)19-16(20)17(6-7-17)11-4-5-14-15(8-11)22-10-21-14/h1-5,8-9H,6-7,10H2,(H,19,20). The van der Waals surface area contributed by atoms with Gasteiger partial charge in [0.05, 0.1) is 5.41 Å². The number of hydrogen-bond acceptors (Lipinski definition) is 3. The van der Waals surface area contributed by atoms with Crippen molar-refractivity contribution in [2.45, 2.75) is 18.3 Å². The molecule has 2 aromatic carbocycles. The first kappa shape index (κ1) is 13.1. The quantitative estimate of drug-likeness (QED) is 0.946. The summed E-state index contributed by atoms with van der Waals surface area (Å²) in [5, 5.41) is 2.80. The maximum atomic E-state index is 13.2. The number of amides is 1. The maximum Gasteiger partial charge on any atom is 0.235 e. The summed E-state index contributed by atoms with van der Waals surface area (Å²) in [6, 6.07) is 11.5. The third-order valence-corrected chi connectivity index (χ3v) is 4.19. The van der Waals surface area contributed by atoms with Gasteiger partial charge in [0.15, 0.2) is 11.5 Å². The first-order chi connectivity index (χ1) is 10.7. The molecule has 0 bridgehead atoms. The minimum atomic E-state index is -0.548. The van der Waals surface area contributed by atoms with Gasteiger partial charge >= 0.3 is 0 Å². The van der Waals surface area contributed by atoms with E-state index in [1.165, 1.54) is 12.1 Å². The Morgan fingerprint density at radius 3 is 2.68 bits per heavy atom. The van der Waals surface area contributed by atoms with Crippen LogP contribution in [0.5, 0.6) is 11.5 Å². The van der Waals surface area contributed by atoms with Gasteiger partial charge in [-0.05, 0) is 48.7 Å². The monoisotopic (exact) mass is 299 g/mol. The molecule has 1 aliphatic carbocycles. The second-order valence-electron chi connectivity index (χ2n) is 5.61. The number of carbonyl (C=O) groups is 1. The predicted molar refractivity (Wildman–Crippen MR) is 78.5 cm³/mol. The van der Waals surface area contributed by atoms with E-state index >= 15 is 0 Å². The molecule has 112 valence electrons. The third kappa shape index (κ3) is 2.09. The van der Waals surface area contributed by atoms with Gasteiger partial charge in [0.25, 0.3) is 0 Å². The SMILES string of the molecule is O=C(Nc1cccc(F)c1)C1(c2ccc3c(c2)OCO3)CC1. The van der Waals surface area contributed by atoms with Crippen LogP contribution < -0.4 is 14.8 Å². The number of anilines is 1. The molecule has 5 heteroatoms. The average molecular weight is 299 g/mol. The van der Waals surface area contributed by atoms with Crippen molar-refractivity contribution < 1.29 is 18.7 Å². The zero-order valence-electron chi connectivity index (χ0n) is 11.8. The molecule has 4 nitrogen and oxygen atoms in total. The highest BCUT2D eigenvalue weighted by Crippen LogP contribution is 2.51. The summed E-state index contributed by atoms with van der Waals surface area (Å²) >= 11 is 0. The molecule has 1 amide bonds. The summed E-state index contributed by atoms with van der Waals surface area (Å²) in [5.41, 5.74) is 0.829. The second kappa shape index (κ2) is 4.73. The fraction of sp³-hybridized carbons (Fsp3) is 0.235. The predicted octanol–water partition coefficient (Wildman–Crippen LogP) is 3.22. The topological polar surface area (TPSA) is 47.6 Å². The van der Waals surface area contributed by atoms with Crippen LogP contribution in [-0.2, 0) is 10.2 Å². The van der Waals surface area contributed by atoms with E-state index in [1.54, 1.807) is 12.1 Å². The second-order valence-corrected chi connectivity index (χ2v) is 5.61. The molecule has 0 spiro atoms. The highest BCUT2D eigenvalue weighted by molar-refractivity contribution is 6.01. The Hall–Kier alpha value is -2.56. The van der Waals surface area contributed by atoms with Crippen molar-refractivity contribution in [2.75, 3.05) is 12.1 Å². The summed E-state index contributed by atoms with van der Waals surface area (Å²) in [5.74, 6) is 0.884. The Kier molecular flexibility index (Phi) is 2.82. The molecule has 0 radical (unpaired) electrons. The number of nitrogens with one attached hydrogen (secondary N) is 1. The Morgan fingerprint density at radius 2 is 1.91 bits per heavy atom. The molecule has 1 aliphatic heterocycles. The fourth-order valence-corrected chi connectivity index (χ4v) is 2.78. The summed E-state index contributed by atoms with van der Waals surface area (Å²) in [7, 11) is 0. The van der Waals surface area contributed by atoms with E-state index in [9.17, 15) is 9.18 Å². The zero-order chi connectivity index (χ0) is 15.2. The highest BCUT2D eigenvalue weighted by Gasteiger charge is 2.51. The van der Waals surface area contributed by atoms with Crippen molar-refractivity contribution in [1.29, 1.82) is 0 Å². The lowest BCUT2D eigenvalue weighted by Crippen LogP contribution is -2.27. The molecule has 1 N–H and O–H groups in total. The van der Waals surface area contributed by atoms with E-state index in [4.69, 9.17) is 9.47 Å². The highest BCUT2D eigenvalue weighted by atomic mass is 19.1. The Morgan fingerprint density at radius 1 is 1.09 bits per heavy atom. The number of ether oxygens (including phenoxy) is 2. The van der Waals surface area contributed by atoms with E-state index in [0.717, 1.165) is 18.4 Å². The van der Waals surface area contributed by atoms with E-state index < -0.39 is 5.41 Å². The van der Waals surface area contributed by atoms with Gasteiger partial charge in [0, 0.05) is 5.69 Å². The van der Waals surface area contributed by atoms with Crippen LogP contribution in [0.25, 0.3) is 0 Å². The molecule has 22 heavy (non-hydrogen) atoms. The molecular formula is C17H14FNO3. The molecule has 1 heterocycles. The first-order valence-electron chi connectivity index (χ1n) is 7.15. The van der Waals surface area contributed by atoms with Crippen LogP contribution in [0, 0.1) is 5.82 Å². The molecule has 2 aromatic rings. The van der Waals surface area contributed by atoms with Gasteiger partial charge in [0.1, 0.15) is 5.82 Å². The van der Waals surface area contributed by atoms with Gasteiger partial charge < -0.3 is 14.8 Å². The van der Waals surface area contributed by atoms with Crippen molar-refractivity contribution in [3.8, 4) is 11.5 Å². The molecule has 1 saturated carbocycles. The first-order valence-corrected chi connectivity index (χ1v) is 7.15. The van der Waals surface area contributed by atoms with Gasteiger partial charge in [-0.25, -0.2) is 4.39 Å². The van der Waals surface area contributed by atoms with Gasteiger partial charge in [-0.2, -0.15) is 0 Å². The van der Waals surface area contributed by atoms with Crippen LogP contribution in [0.2, 0.25) is 0 Å². The summed E-state index contributed by atoms with van der Waals surface area (Å²) < 4.78 is 23.9. The summed E-state index contributed by atoms with van der Waals surface area (Å²) in [6.45, 7) is 0.210. The fourth-order valence-electron chi connectivity index (χ4n) is 2.78. The van der Waals surface area contributed by atoms with E-state index in [0.29, 0.717) is 17.2 Å². The largest absolute Gasteiger partial charge is 0.454 e. The Labute approximate surface area is 126 Å². The van der Waals surface area contributed by atoms with Crippen LogP contribution in [0.15, 0.2) is 42.5 Å². The number of fused-ring (bicyclic) bond motifs is 1.